The van der Waals surface area contributed by atoms with Crippen molar-refractivity contribution in [3.05, 3.63) is 24.3 Å². The fraction of sp³-hybridized carbons (Fsp3) is 0.682. The number of hydrogen-bond donors (Lipinski definition) is 2. The van der Waals surface area contributed by atoms with E-state index in [9.17, 15) is 8.78 Å². The van der Waals surface area contributed by atoms with Crippen LogP contribution in [0.25, 0.3) is 0 Å². The van der Waals surface area contributed by atoms with Crippen LogP contribution in [-0.2, 0) is 4.74 Å². The largest absolute Gasteiger partial charge is 0.433 e. The first kappa shape index (κ1) is 23.5. The molecule has 3 atom stereocenters. The molecule has 1 aromatic carbocycles. The van der Waals surface area contributed by atoms with E-state index in [2.05, 4.69) is 34.3 Å². The number of nitrogens with one attached hydrogen (secondary N) is 2. The molecular weight excluding hydrogens is 404 g/mol. The third-order valence-electron chi connectivity index (χ3n) is 5.79. The van der Waals surface area contributed by atoms with Crippen molar-refractivity contribution in [3.8, 4) is 5.75 Å². The van der Waals surface area contributed by atoms with Crippen molar-refractivity contribution in [2.75, 3.05) is 50.8 Å². The molecule has 2 aliphatic heterocycles. The Kier molecular flexibility index (Phi) is 8.71. The first-order chi connectivity index (χ1) is 15.0. The molecule has 2 aliphatic rings. The highest BCUT2D eigenvalue weighted by Crippen LogP contribution is 2.31. The lowest BCUT2D eigenvalue weighted by Gasteiger charge is -2.37. The van der Waals surface area contributed by atoms with E-state index in [1.165, 1.54) is 0 Å². The van der Waals surface area contributed by atoms with E-state index in [1.54, 1.807) is 12.1 Å². The number of rotatable bonds is 8. The summed E-state index contributed by atoms with van der Waals surface area (Å²) in [6.07, 6.45) is 0.892. The minimum Gasteiger partial charge on any atom is -0.433 e. The molecule has 0 spiro atoms. The Morgan fingerprint density at radius 2 is 2.13 bits per heavy atom. The van der Waals surface area contributed by atoms with Crippen molar-refractivity contribution >= 4 is 11.6 Å². The summed E-state index contributed by atoms with van der Waals surface area (Å²) in [7, 11) is 0. The van der Waals surface area contributed by atoms with Gasteiger partial charge in [-0.15, -0.1) is 0 Å². The quantitative estimate of drug-likeness (QED) is 0.480. The number of benzene rings is 1. The number of para-hydroxylation sites is 2. The van der Waals surface area contributed by atoms with E-state index in [0.717, 1.165) is 45.2 Å². The number of anilines is 1. The van der Waals surface area contributed by atoms with Crippen LogP contribution in [0.5, 0.6) is 5.75 Å². The van der Waals surface area contributed by atoms with Crippen LogP contribution in [0.15, 0.2) is 29.3 Å². The van der Waals surface area contributed by atoms with E-state index in [0.29, 0.717) is 30.9 Å². The SMILES string of the molecule is CCNC(=NCC(C)N1CCOCC1C)NC1CCN(c2ccccc2OC(F)F)C1. The van der Waals surface area contributed by atoms with Gasteiger partial charge in [0.1, 0.15) is 5.75 Å². The minimum absolute atomic E-state index is 0.176. The summed E-state index contributed by atoms with van der Waals surface area (Å²) in [5.41, 5.74) is 0.698. The Morgan fingerprint density at radius 3 is 2.87 bits per heavy atom. The Morgan fingerprint density at radius 1 is 1.32 bits per heavy atom. The van der Waals surface area contributed by atoms with E-state index < -0.39 is 6.61 Å². The minimum atomic E-state index is -2.83. The van der Waals surface area contributed by atoms with Gasteiger partial charge in [0.25, 0.3) is 0 Å². The van der Waals surface area contributed by atoms with E-state index >= 15 is 0 Å². The topological polar surface area (TPSA) is 61.4 Å². The molecule has 3 unspecified atom stereocenters. The molecule has 2 saturated heterocycles. The number of halogens is 2. The Hall–Kier alpha value is -2.13. The molecule has 2 heterocycles. The lowest BCUT2D eigenvalue weighted by Crippen LogP contribution is -2.50. The predicted molar refractivity (Wildman–Crippen MR) is 119 cm³/mol. The first-order valence-electron chi connectivity index (χ1n) is 11.1. The van der Waals surface area contributed by atoms with Crippen molar-refractivity contribution in [3.63, 3.8) is 0 Å². The fourth-order valence-corrected chi connectivity index (χ4v) is 4.25. The molecule has 31 heavy (non-hydrogen) atoms. The van der Waals surface area contributed by atoms with Gasteiger partial charge in [0.2, 0.25) is 0 Å². The number of morpholine rings is 1. The van der Waals surface area contributed by atoms with Crippen molar-refractivity contribution in [1.29, 1.82) is 0 Å². The molecule has 1 aromatic rings. The number of alkyl halides is 2. The van der Waals surface area contributed by atoms with Gasteiger partial charge in [0.15, 0.2) is 5.96 Å². The number of guanidine groups is 1. The van der Waals surface area contributed by atoms with E-state index in [4.69, 9.17) is 14.5 Å². The van der Waals surface area contributed by atoms with Gasteiger partial charge < -0.3 is 25.0 Å². The number of nitrogens with zero attached hydrogens (tertiary/aromatic N) is 3. The van der Waals surface area contributed by atoms with Crippen LogP contribution in [0.4, 0.5) is 14.5 Å². The van der Waals surface area contributed by atoms with Crippen LogP contribution in [0.2, 0.25) is 0 Å². The monoisotopic (exact) mass is 439 g/mol. The average molecular weight is 440 g/mol. The third kappa shape index (κ3) is 6.67. The average Bonchev–Trinajstić information content (AvgIpc) is 3.20. The molecule has 7 nitrogen and oxygen atoms in total. The van der Waals surface area contributed by atoms with Crippen LogP contribution < -0.4 is 20.3 Å². The van der Waals surface area contributed by atoms with Gasteiger partial charge in [-0.3, -0.25) is 9.89 Å². The molecule has 0 amide bonds. The van der Waals surface area contributed by atoms with Crippen molar-refractivity contribution in [2.24, 2.45) is 4.99 Å². The predicted octanol–water partition coefficient (Wildman–Crippen LogP) is 2.53. The maximum atomic E-state index is 12.7. The molecule has 2 N–H and O–H groups in total. The van der Waals surface area contributed by atoms with Crippen molar-refractivity contribution in [2.45, 2.75) is 51.9 Å². The van der Waals surface area contributed by atoms with Crippen LogP contribution in [0, 0.1) is 0 Å². The smallest absolute Gasteiger partial charge is 0.387 e. The summed E-state index contributed by atoms with van der Waals surface area (Å²) in [4.78, 5) is 9.33. The van der Waals surface area contributed by atoms with Gasteiger partial charge in [-0.05, 0) is 39.3 Å². The van der Waals surface area contributed by atoms with Gasteiger partial charge in [-0.25, -0.2) is 0 Å². The van der Waals surface area contributed by atoms with E-state index in [-0.39, 0.29) is 11.8 Å². The van der Waals surface area contributed by atoms with Crippen LogP contribution >= 0.6 is 0 Å². The Balaban J connectivity index is 1.58. The molecule has 9 heteroatoms. The maximum Gasteiger partial charge on any atom is 0.387 e. The normalized spacial score (nSPS) is 23.8. The van der Waals surface area contributed by atoms with Crippen LogP contribution in [0.1, 0.15) is 27.2 Å². The zero-order valence-electron chi connectivity index (χ0n) is 18.7. The van der Waals surface area contributed by atoms with Crippen molar-refractivity contribution < 1.29 is 18.3 Å². The highest BCUT2D eigenvalue weighted by Gasteiger charge is 2.27. The highest BCUT2D eigenvalue weighted by molar-refractivity contribution is 5.80. The van der Waals surface area contributed by atoms with Crippen molar-refractivity contribution in [1.82, 2.24) is 15.5 Å². The van der Waals surface area contributed by atoms with Gasteiger partial charge in [0.05, 0.1) is 25.4 Å². The summed E-state index contributed by atoms with van der Waals surface area (Å²) >= 11 is 0. The molecule has 0 aromatic heterocycles. The second kappa shape index (κ2) is 11.5. The zero-order valence-corrected chi connectivity index (χ0v) is 18.7. The van der Waals surface area contributed by atoms with Gasteiger partial charge in [-0.2, -0.15) is 8.78 Å². The summed E-state index contributed by atoms with van der Waals surface area (Å²) in [6.45, 7) is 9.00. The lowest BCUT2D eigenvalue weighted by molar-refractivity contribution is -0.0495. The van der Waals surface area contributed by atoms with Gasteiger partial charge in [0, 0.05) is 44.3 Å². The summed E-state index contributed by atoms with van der Waals surface area (Å²) in [6, 6.07) is 7.86. The number of ether oxygens (including phenoxy) is 2. The molecule has 0 saturated carbocycles. The molecular formula is C22H35F2N5O2. The van der Waals surface area contributed by atoms with Crippen LogP contribution in [0.3, 0.4) is 0 Å². The summed E-state index contributed by atoms with van der Waals surface area (Å²) in [5.74, 6) is 1.01. The molecule has 0 bridgehead atoms. The summed E-state index contributed by atoms with van der Waals surface area (Å²) in [5, 5.41) is 6.84. The van der Waals surface area contributed by atoms with Gasteiger partial charge >= 0.3 is 6.61 Å². The third-order valence-corrected chi connectivity index (χ3v) is 5.79. The second-order valence-electron chi connectivity index (χ2n) is 8.15. The maximum absolute atomic E-state index is 12.7. The lowest BCUT2D eigenvalue weighted by atomic mass is 10.2. The van der Waals surface area contributed by atoms with Crippen LogP contribution in [-0.4, -0.2) is 81.5 Å². The first-order valence-corrected chi connectivity index (χ1v) is 11.1. The van der Waals surface area contributed by atoms with E-state index in [1.807, 2.05) is 19.1 Å². The highest BCUT2D eigenvalue weighted by atomic mass is 19.3. The molecule has 2 fully saturated rings. The Bertz CT molecular complexity index is 721. The number of aliphatic imine (C=N–C) groups is 1. The zero-order chi connectivity index (χ0) is 22.2. The number of hydrogen-bond acceptors (Lipinski definition) is 5. The van der Waals surface area contributed by atoms with Gasteiger partial charge in [-0.1, -0.05) is 12.1 Å². The summed E-state index contributed by atoms with van der Waals surface area (Å²) < 4.78 is 35.7. The second-order valence-corrected chi connectivity index (χ2v) is 8.15. The Labute approximate surface area is 183 Å². The molecule has 0 aliphatic carbocycles. The molecule has 0 radical (unpaired) electrons. The standard InChI is InChI=1S/C22H35F2N5O2/c1-4-25-22(26-13-16(2)29-11-12-30-15-17(29)3)27-18-9-10-28(14-18)19-7-5-6-8-20(19)31-21(23)24/h5-8,16-18,21H,4,9-15H2,1-3H3,(H2,25,26,27). The molecule has 174 valence electrons. The molecule has 3 rings (SSSR count). The fourth-order valence-electron chi connectivity index (χ4n) is 4.25.